The zero-order valence-corrected chi connectivity index (χ0v) is 11.3. The van der Waals surface area contributed by atoms with Crippen LogP contribution in [0.5, 0.6) is 0 Å². The highest BCUT2D eigenvalue weighted by Crippen LogP contribution is 2.09. The fraction of sp³-hybridized carbons (Fsp3) is 0.818. The van der Waals surface area contributed by atoms with E-state index in [4.69, 9.17) is 22.7 Å². The van der Waals surface area contributed by atoms with Gasteiger partial charge in [-0.3, -0.25) is 9.69 Å². The lowest BCUT2D eigenvalue weighted by Crippen LogP contribution is -2.54. The second kappa shape index (κ2) is 6.88. The fourth-order valence-electron chi connectivity index (χ4n) is 1.75. The van der Waals surface area contributed by atoms with Gasteiger partial charge in [-0.25, -0.2) is 0 Å². The van der Waals surface area contributed by atoms with Crippen molar-refractivity contribution >= 4 is 23.1 Å². The smallest absolute Gasteiger partial charge is 0.237 e. The van der Waals surface area contributed by atoms with Crippen molar-refractivity contribution in [1.82, 2.24) is 10.2 Å². The van der Waals surface area contributed by atoms with E-state index in [9.17, 15) is 4.79 Å². The van der Waals surface area contributed by atoms with Crippen LogP contribution in [0, 0.1) is 0 Å². The first kappa shape index (κ1) is 14.3. The number of thiocarbonyl (C=S) groups is 1. The SMILES string of the molecule is CCCNC(=O)C(C)N1CCOC(C(N)=S)C1. The molecule has 5 nitrogen and oxygen atoms in total. The maximum atomic E-state index is 11.8. The van der Waals surface area contributed by atoms with E-state index >= 15 is 0 Å². The molecule has 1 amide bonds. The third-order valence-corrected chi connectivity index (χ3v) is 3.15. The maximum Gasteiger partial charge on any atom is 0.237 e. The summed E-state index contributed by atoms with van der Waals surface area (Å²) >= 11 is 4.92. The van der Waals surface area contributed by atoms with Crippen LogP contribution in [0.2, 0.25) is 0 Å². The molecule has 98 valence electrons. The van der Waals surface area contributed by atoms with Crippen LogP contribution in [0.4, 0.5) is 0 Å². The summed E-state index contributed by atoms with van der Waals surface area (Å²) < 4.78 is 5.44. The molecule has 0 aromatic rings. The van der Waals surface area contributed by atoms with E-state index in [1.54, 1.807) is 0 Å². The molecule has 2 atom stereocenters. The lowest BCUT2D eigenvalue weighted by Gasteiger charge is -2.35. The number of morpholine rings is 1. The topological polar surface area (TPSA) is 67.6 Å². The van der Waals surface area contributed by atoms with Gasteiger partial charge in [-0.05, 0) is 13.3 Å². The molecule has 1 fully saturated rings. The number of amides is 1. The van der Waals surface area contributed by atoms with Crippen LogP contribution in [-0.4, -0.2) is 54.2 Å². The maximum absolute atomic E-state index is 11.8. The highest BCUT2D eigenvalue weighted by atomic mass is 32.1. The first-order chi connectivity index (χ1) is 8.06. The number of ether oxygens (including phenoxy) is 1. The summed E-state index contributed by atoms with van der Waals surface area (Å²) in [5.74, 6) is 0.0513. The van der Waals surface area contributed by atoms with Crippen LogP contribution in [-0.2, 0) is 9.53 Å². The van der Waals surface area contributed by atoms with Gasteiger partial charge in [0.05, 0.1) is 12.6 Å². The molecule has 1 aliphatic rings. The Labute approximate surface area is 108 Å². The molecule has 1 saturated heterocycles. The normalized spacial score (nSPS) is 23.1. The molecule has 0 aromatic heterocycles. The summed E-state index contributed by atoms with van der Waals surface area (Å²) in [7, 11) is 0. The molecule has 6 heteroatoms. The van der Waals surface area contributed by atoms with Gasteiger partial charge in [0.15, 0.2) is 0 Å². The molecule has 0 saturated carbocycles. The fourth-order valence-corrected chi connectivity index (χ4v) is 1.90. The minimum atomic E-state index is -0.236. The highest BCUT2D eigenvalue weighted by Gasteiger charge is 2.28. The van der Waals surface area contributed by atoms with Gasteiger partial charge in [0.2, 0.25) is 5.91 Å². The minimum absolute atomic E-state index is 0.0513. The number of nitrogens with zero attached hydrogens (tertiary/aromatic N) is 1. The predicted octanol–water partition coefficient (Wildman–Crippen LogP) is -0.112. The van der Waals surface area contributed by atoms with Gasteiger partial charge in [-0.2, -0.15) is 0 Å². The van der Waals surface area contributed by atoms with Crippen LogP contribution in [0.1, 0.15) is 20.3 Å². The number of hydrogen-bond acceptors (Lipinski definition) is 4. The lowest BCUT2D eigenvalue weighted by molar-refractivity contribution is -0.128. The molecular weight excluding hydrogens is 238 g/mol. The first-order valence-corrected chi connectivity index (χ1v) is 6.39. The van der Waals surface area contributed by atoms with Crippen LogP contribution in [0.15, 0.2) is 0 Å². The zero-order valence-electron chi connectivity index (χ0n) is 10.4. The summed E-state index contributed by atoms with van der Waals surface area (Å²) in [6.45, 7) is 6.53. The summed E-state index contributed by atoms with van der Waals surface area (Å²) in [6.07, 6.45) is 0.706. The van der Waals surface area contributed by atoms with E-state index in [0.717, 1.165) is 13.0 Å². The quantitative estimate of drug-likeness (QED) is 0.674. The number of nitrogens with two attached hydrogens (primary N) is 1. The van der Waals surface area contributed by atoms with Gasteiger partial charge in [-0.1, -0.05) is 19.1 Å². The summed E-state index contributed by atoms with van der Waals surface area (Å²) in [5.41, 5.74) is 5.57. The van der Waals surface area contributed by atoms with E-state index < -0.39 is 0 Å². The highest BCUT2D eigenvalue weighted by molar-refractivity contribution is 7.80. The van der Waals surface area contributed by atoms with E-state index in [0.29, 0.717) is 24.7 Å². The Hall–Kier alpha value is -0.720. The van der Waals surface area contributed by atoms with Gasteiger partial charge in [0, 0.05) is 19.6 Å². The zero-order chi connectivity index (χ0) is 12.8. The van der Waals surface area contributed by atoms with Crippen LogP contribution in [0.25, 0.3) is 0 Å². The molecular formula is C11H21N3O2S. The summed E-state index contributed by atoms with van der Waals surface area (Å²) in [5, 5.41) is 2.89. The molecule has 1 aliphatic heterocycles. The molecule has 0 aromatic carbocycles. The number of nitrogens with one attached hydrogen (secondary N) is 1. The molecule has 3 N–H and O–H groups in total. The largest absolute Gasteiger partial charge is 0.391 e. The summed E-state index contributed by atoms with van der Waals surface area (Å²) in [6, 6.07) is -0.165. The molecule has 0 aliphatic carbocycles. The van der Waals surface area contributed by atoms with Gasteiger partial charge in [0.1, 0.15) is 11.1 Å². The Kier molecular flexibility index (Phi) is 5.80. The number of hydrogen-bond donors (Lipinski definition) is 2. The van der Waals surface area contributed by atoms with Crippen molar-refractivity contribution in [1.29, 1.82) is 0 Å². The van der Waals surface area contributed by atoms with E-state index in [-0.39, 0.29) is 18.1 Å². The van der Waals surface area contributed by atoms with Crippen molar-refractivity contribution < 1.29 is 9.53 Å². The molecule has 1 rings (SSSR count). The van der Waals surface area contributed by atoms with Crippen molar-refractivity contribution in [3.63, 3.8) is 0 Å². The Balaban J connectivity index is 2.48. The second-order valence-electron chi connectivity index (χ2n) is 4.22. The Morgan fingerprint density at radius 1 is 1.71 bits per heavy atom. The Bertz CT molecular complexity index is 286. The van der Waals surface area contributed by atoms with Crippen molar-refractivity contribution in [3.05, 3.63) is 0 Å². The van der Waals surface area contributed by atoms with E-state index in [1.807, 2.05) is 13.8 Å². The summed E-state index contributed by atoms with van der Waals surface area (Å²) in [4.78, 5) is 14.2. The number of carbonyl (C=O) groups is 1. The monoisotopic (exact) mass is 259 g/mol. The third-order valence-electron chi connectivity index (χ3n) is 2.89. The molecule has 2 unspecified atom stereocenters. The number of carbonyl (C=O) groups excluding carboxylic acids is 1. The first-order valence-electron chi connectivity index (χ1n) is 5.99. The van der Waals surface area contributed by atoms with Crippen molar-refractivity contribution in [2.45, 2.75) is 32.4 Å². The van der Waals surface area contributed by atoms with Crippen molar-refractivity contribution in [2.75, 3.05) is 26.2 Å². The molecule has 0 spiro atoms. The van der Waals surface area contributed by atoms with Gasteiger partial charge >= 0.3 is 0 Å². The van der Waals surface area contributed by atoms with Crippen LogP contribution in [0.3, 0.4) is 0 Å². The molecule has 0 bridgehead atoms. The molecule has 1 heterocycles. The van der Waals surface area contributed by atoms with E-state index in [2.05, 4.69) is 10.2 Å². The molecule has 17 heavy (non-hydrogen) atoms. The molecule has 0 radical (unpaired) electrons. The lowest BCUT2D eigenvalue weighted by atomic mass is 10.2. The average Bonchev–Trinajstić information content (AvgIpc) is 2.35. The standard InChI is InChI=1S/C11H21N3O2S/c1-3-4-13-11(15)8(2)14-5-6-16-9(7-14)10(12)17/h8-9H,3-7H2,1-2H3,(H2,12,17)(H,13,15). The van der Waals surface area contributed by atoms with Gasteiger partial charge in [0.25, 0.3) is 0 Å². The predicted molar refractivity (Wildman–Crippen MR) is 70.9 cm³/mol. The number of rotatable bonds is 5. The van der Waals surface area contributed by atoms with Crippen molar-refractivity contribution in [2.24, 2.45) is 5.73 Å². The van der Waals surface area contributed by atoms with Gasteiger partial charge in [-0.15, -0.1) is 0 Å². The third kappa shape index (κ3) is 4.22. The van der Waals surface area contributed by atoms with Crippen LogP contribution >= 0.6 is 12.2 Å². The minimum Gasteiger partial charge on any atom is -0.391 e. The van der Waals surface area contributed by atoms with Crippen molar-refractivity contribution in [3.8, 4) is 0 Å². The van der Waals surface area contributed by atoms with Gasteiger partial charge < -0.3 is 15.8 Å². The Morgan fingerprint density at radius 3 is 3.00 bits per heavy atom. The van der Waals surface area contributed by atoms with Crippen LogP contribution < -0.4 is 11.1 Å². The van der Waals surface area contributed by atoms with E-state index in [1.165, 1.54) is 0 Å². The average molecular weight is 259 g/mol. The Morgan fingerprint density at radius 2 is 2.41 bits per heavy atom. The second-order valence-corrected chi connectivity index (χ2v) is 4.70.